The number of aromatic nitrogens is 1. The molecule has 0 saturated carbocycles. The van der Waals surface area contributed by atoms with Crippen LogP contribution in [0.25, 0.3) is 0 Å². The third-order valence-corrected chi connectivity index (χ3v) is 9.28. The van der Waals surface area contributed by atoms with Crippen LogP contribution in [0.4, 0.5) is 0 Å². The first-order chi connectivity index (χ1) is 9.96. The van der Waals surface area contributed by atoms with E-state index in [-0.39, 0.29) is 13.4 Å². The lowest BCUT2D eigenvalue weighted by atomic mass is 10.3. The first kappa shape index (κ1) is 17.1. The minimum absolute atomic E-state index is 0.0216. The van der Waals surface area contributed by atoms with Crippen LogP contribution in [0.5, 0.6) is 0 Å². The molecular formula is C14H17NO4S3. The van der Waals surface area contributed by atoms with Crippen LogP contribution in [0.1, 0.15) is 26.3 Å². The molecule has 0 N–H and O–H groups in total. The van der Waals surface area contributed by atoms with Crippen LogP contribution in [-0.2, 0) is 19.7 Å². The summed E-state index contributed by atoms with van der Waals surface area (Å²) in [6.07, 6.45) is 1.47. The van der Waals surface area contributed by atoms with Gasteiger partial charge in [0.1, 0.15) is 8.42 Å². The zero-order valence-electron chi connectivity index (χ0n) is 12.7. The van der Waals surface area contributed by atoms with Crippen molar-refractivity contribution in [2.45, 2.75) is 45.9 Å². The molecule has 0 fully saturated rings. The lowest BCUT2D eigenvalue weighted by molar-refractivity contribution is 0.562. The molecule has 2 rings (SSSR count). The maximum Gasteiger partial charge on any atom is 0.233 e. The monoisotopic (exact) mass is 359 g/mol. The van der Waals surface area contributed by atoms with E-state index in [4.69, 9.17) is 0 Å². The number of hydrogen-bond donors (Lipinski definition) is 0. The van der Waals surface area contributed by atoms with Gasteiger partial charge in [0.05, 0.1) is 4.75 Å². The first-order valence-electron chi connectivity index (χ1n) is 6.48. The summed E-state index contributed by atoms with van der Waals surface area (Å²) in [6.45, 7) is 6.55. The lowest BCUT2D eigenvalue weighted by Crippen LogP contribution is -2.27. The van der Waals surface area contributed by atoms with Crippen molar-refractivity contribution in [3.05, 3.63) is 36.0 Å². The Balaban J connectivity index is 2.50. The summed E-state index contributed by atoms with van der Waals surface area (Å²) in [6, 6.07) is 5.73. The van der Waals surface area contributed by atoms with E-state index in [1.54, 1.807) is 26.8 Å². The van der Waals surface area contributed by atoms with Gasteiger partial charge in [0.25, 0.3) is 0 Å². The van der Waals surface area contributed by atoms with Crippen LogP contribution >= 0.6 is 11.3 Å². The predicted molar refractivity (Wildman–Crippen MR) is 85.7 cm³/mol. The van der Waals surface area contributed by atoms with E-state index < -0.39 is 24.4 Å². The molecule has 0 radical (unpaired) electrons. The van der Waals surface area contributed by atoms with E-state index >= 15 is 0 Å². The van der Waals surface area contributed by atoms with Gasteiger partial charge in [0.2, 0.25) is 9.84 Å². The smallest absolute Gasteiger partial charge is 0.233 e. The topological polar surface area (TPSA) is 81.2 Å². The van der Waals surface area contributed by atoms with Gasteiger partial charge in [-0.25, -0.2) is 21.8 Å². The van der Waals surface area contributed by atoms with E-state index in [1.807, 2.05) is 6.92 Å². The third-order valence-electron chi connectivity index (χ3n) is 3.05. The number of rotatable bonds is 3. The summed E-state index contributed by atoms with van der Waals surface area (Å²) >= 11 is 0.757. The molecule has 22 heavy (non-hydrogen) atoms. The van der Waals surface area contributed by atoms with Gasteiger partial charge in [0, 0.05) is 6.20 Å². The molecule has 120 valence electrons. The largest absolute Gasteiger partial charge is 0.244 e. The number of pyridine rings is 1. The third kappa shape index (κ3) is 2.95. The van der Waals surface area contributed by atoms with Crippen molar-refractivity contribution in [1.82, 2.24) is 4.98 Å². The van der Waals surface area contributed by atoms with Crippen molar-refractivity contribution >= 4 is 31.0 Å². The Kier molecular flexibility index (Phi) is 4.23. The first-order valence-corrected chi connectivity index (χ1v) is 10.3. The molecule has 0 spiro atoms. The van der Waals surface area contributed by atoms with E-state index in [0.29, 0.717) is 0 Å². The number of nitrogens with zero attached hydrogens (tertiary/aromatic N) is 1. The Morgan fingerprint density at radius 3 is 2.05 bits per heavy atom. The highest BCUT2D eigenvalue weighted by Gasteiger charge is 2.33. The van der Waals surface area contributed by atoms with Gasteiger partial charge in [-0.1, -0.05) is 6.07 Å². The maximum absolute atomic E-state index is 12.5. The number of aryl methyl sites for hydroxylation is 1. The highest BCUT2D eigenvalue weighted by Crippen LogP contribution is 2.34. The summed E-state index contributed by atoms with van der Waals surface area (Å²) in [5.41, 5.74) is 0.848. The van der Waals surface area contributed by atoms with Crippen LogP contribution in [0, 0.1) is 6.92 Å². The molecule has 0 aromatic carbocycles. The lowest BCUT2D eigenvalue weighted by Gasteiger charge is -2.17. The zero-order valence-corrected chi connectivity index (χ0v) is 15.1. The van der Waals surface area contributed by atoms with Crippen LogP contribution in [0.3, 0.4) is 0 Å². The molecule has 0 atom stereocenters. The van der Waals surface area contributed by atoms with Gasteiger partial charge in [-0.2, -0.15) is 0 Å². The number of thiophene rings is 1. The molecule has 2 aromatic heterocycles. The van der Waals surface area contributed by atoms with Crippen molar-refractivity contribution < 1.29 is 16.8 Å². The molecule has 0 unspecified atom stereocenters. The highest BCUT2D eigenvalue weighted by molar-refractivity contribution is 7.96. The van der Waals surface area contributed by atoms with E-state index in [2.05, 4.69) is 4.98 Å². The Hall–Kier alpha value is -1.25. The summed E-state index contributed by atoms with van der Waals surface area (Å²) in [5.74, 6) is 0. The summed E-state index contributed by atoms with van der Waals surface area (Å²) in [7, 11) is -7.37. The SMILES string of the molecule is Cc1ccc(S(=O)(=O)c2ccc(S(=O)(=O)C(C)(C)C)s2)nc1. The molecular weight excluding hydrogens is 342 g/mol. The van der Waals surface area contributed by atoms with Crippen LogP contribution in [0.15, 0.2) is 43.9 Å². The van der Waals surface area contributed by atoms with Gasteiger partial charge in [0.15, 0.2) is 14.9 Å². The molecule has 8 heteroatoms. The number of sulfone groups is 2. The van der Waals surface area contributed by atoms with Gasteiger partial charge in [-0.3, -0.25) is 0 Å². The Bertz CT molecular complexity index is 886. The Morgan fingerprint density at radius 1 is 0.955 bits per heavy atom. The van der Waals surface area contributed by atoms with Gasteiger partial charge in [-0.05, 0) is 51.5 Å². The maximum atomic E-state index is 12.5. The minimum Gasteiger partial charge on any atom is -0.244 e. The average Bonchev–Trinajstić information content (AvgIpc) is 2.88. The van der Waals surface area contributed by atoms with Gasteiger partial charge < -0.3 is 0 Å². The standard InChI is InChI=1S/C14H17NO4S3/c1-10-5-6-11(15-9-10)21(16,17)12-7-8-13(20-12)22(18,19)14(2,3)4/h5-9H,1-4H3. The fourth-order valence-electron chi connectivity index (χ4n) is 1.61. The second-order valence-electron chi connectivity index (χ2n) is 5.87. The van der Waals surface area contributed by atoms with Crippen LogP contribution in [-0.4, -0.2) is 26.6 Å². The highest BCUT2D eigenvalue weighted by atomic mass is 32.3. The van der Waals surface area contributed by atoms with Crippen molar-refractivity contribution in [2.24, 2.45) is 0 Å². The fourth-order valence-corrected chi connectivity index (χ4v) is 6.40. The predicted octanol–water partition coefficient (Wildman–Crippen LogP) is 2.86. The van der Waals surface area contributed by atoms with Crippen molar-refractivity contribution in [1.29, 1.82) is 0 Å². The normalized spacial score (nSPS) is 13.3. The van der Waals surface area contributed by atoms with Crippen LogP contribution < -0.4 is 0 Å². The van der Waals surface area contributed by atoms with Crippen LogP contribution in [0.2, 0.25) is 0 Å². The zero-order chi connectivity index (χ0) is 16.8. The van der Waals surface area contributed by atoms with Crippen molar-refractivity contribution in [3.63, 3.8) is 0 Å². The molecule has 2 heterocycles. The second kappa shape index (κ2) is 5.43. The molecule has 0 bridgehead atoms. The molecule has 0 aliphatic heterocycles. The van der Waals surface area contributed by atoms with Crippen molar-refractivity contribution in [3.8, 4) is 0 Å². The molecule has 0 amide bonds. The Morgan fingerprint density at radius 2 is 1.55 bits per heavy atom. The molecule has 2 aromatic rings. The molecule has 5 nitrogen and oxygen atoms in total. The summed E-state index contributed by atoms with van der Waals surface area (Å²) in [5, 5.41) is -0.0837. The van der Waals surface area contributed by atoms with Gasteiger partial charge in [-0.15, -0.1) is 11.3 Å². The molecule has 0 aliphatic carbocycles. The quantitative estimate of drug-likeness (QED) is 0.842. The van der Waals surface area contributed by atoms with E-state index in [0.717, 1.165) is 16.9 Å². The molecule has 0 saturated heterocycles. The average molecular weight is 359 g/mol. The second-order valence-corrected chi connectivity index (χ2v) is 12.0. The van der Waals surface area contributed by atoms with Gasteiger partial charge >= 0.3 is 0 Å². The summed E-state index contributed by atoms with van der Waals surface area (Å²) in [4.78, 5) is 3.92. The molecule has 0 aliphatic rings. The van der Waals surface area contributed by atoms with Crippen molar-refractivity contribution in [2.75, 3.05) is 0 Å². The van der Waals surface area contributed by atoms with E-state index in [9.17, 15) is 16.8 Å². The fraction of sp³-hybridized carbons (Fsp3) is 0.357. The van der Waals surface area contributed by atoms with E-state index in [1.165, 1.54) is 24.4 Å². The summed E-state index contributed by atoms with van der Waals surface area (Å²) < 4.78 is 48.8. The Labute approximate surface area is 134 Å². The minimum atomic E-state index is -3.80. The number of hydrogen-bond acceptors (Lipinski definition) is 6.